The molecule has 29 heavy (non-hydrogen) atoms. The van der Waals surface area contributed by atoms with Gasteiger partial charge in [0, 0.05) is 31.1 Å². The van der Waals surface area contributed by atoms with E-state index in [-0.39, 0.29) is 17.2 Å². The van der Waals surface area contributed by atoms with Gasteiger partial charge in [-0.3, -0.25) is 9.59 Å². The van der Waals surface area contributed by atoms with Crippen LogP contribution in [0.5, 0.6) is 0 Å². The smallest absolute Gasteiger partial charge is 0.360 e. The van der Waals surface area contributed by atoms with E-state index in [0.29, 0.717) is 29.4 Å². The SMILES string of the molecule is CCN(CC)C(=O)[C@@H](OC(=O)c1nn(C)c(=O)c2ccccc12)c1ccccc1. The van der Waals surface area contributed by atoms with Crippen LogP contribution in [0.2, 0.25) is 0 Å². The number of esters is 1. The second-order valence-electron chi connectivity index (χ2n) is 6.53. The van der Waals surface area contributed by atoms with Gasteiger partial charge in [0.2, 0.25) is 6.10 Å². The fraction of sp³-hybridized carbons (Fsp3) is 0.273. The highest BCUT2D eigenvalue weighted by molar-refractivity contribution is 6.03. The Labute approximate surface area is 168 Å². The van der Waals surface area contributed by atoms with Crippen molar-refractivity contribution in [2.75, 3.05) is 13.1 Å². The van der Waals surface area contributed by atoms with Crippen molar-refractivity contribution in [3.05, 3.63) is 76.2 Å². The fourth-order valence-electron chi connectivity index (χ4n) is 3.20. The van der Waals surface area contributed by atoms with Gasteiger partial charge in [0.15, 0.2) is 5.69 Å². The zero-order chi connectivity index (χ0) is 21.0. The molecule has 1 atom stereocenters. The summed E-state index contributed by atoms with van der Waals surface area (Å²) < 4.78 is 6.76. The Bertz CT molecular complexity index is 1090. The Morgan fingerprint density at radius 2 is 1.59 bits per heavy atom. The van der Waals surface area contributed by atoms with Crippen molar-refractivity contribution >= 4 is 22.6 Å². The summed E-state index contributed by atoms with van der Waals surface area (Å²) in [6.07, 6.45) is -1.10. The second-order valence-corrected chi connectivity index (χ2v) is 6.53. The zero-order valence-electron chi connectivity index (χ0n) is 16.7. The Morgan fingerprint density at radius 3 is 2.21 bits per heavy atom. The van der Waals surface area contributed by atoms with Crippen LogP contribution in [-0.2, 0) is 16.6 Å². The van der Waals surface area contributed by atoms with Crippen LogP contribution in [0.1, 0.15) is 36.0 Å². The number of benzene rings is 2. The third-order valence-electron chi connectivity index (χ3n) is 4.78. The van der Waals surface area contributed by atoms with E-state index in [9.17, 15) is 14.4 Å². The third kappa shape index (κ3) is 4.03. The molecule has 1 heterocycles. The monoisotopic (exact) mass is 393 g/mol. The highest BCUT2D eigenvalue weighted by Crippen LogP contribution is 2.23. The van der Waals surface area contributed by atoms with E-state index < -0.39 is 12.1 Å². The molecule has 0 saturated heterocycles. The minimum Gasteiger partial charge on any atom is -0.442 e. The van der Waals surface area contributed by atoms with Crippen LogP contribution in [-0.4, -0.2) is 39.6 Å². The number of aryl methyl sites for hydroxylation is 1. The molecule has 0 aliphatic rings. The minimum absolute atomic E-state index is 0.00372. The zero-order valence-corrected chi connectivity index (χ0v) is 16.7. The minimum atomic E-state index is -1.10. The van der Waals surface area contributed by atoms with Gasteiger partial charge < -0.3 is 9.64 Å². The van der Waals surface area contributed by atoms with Crippen molar-refractivity contribution in [1.82, 2.24) is 14.7 Å². The molecule has 0 radical (unpaired) electrons. The van der Waals surface area contributed by atoms with Crippen LogP contribution in [0.15, 0.2) is 59.4 Å². The normalized spacial score (nSPS) is 11.8. The molecule has 7 heteroatoms. The Kier molecular flexibility index (Phi) is 6.07. The molecular formula is C22H23N3O4. The molecule has 0 bridgehead atoms. The number of fused-ring (bicyclic) bond motifs is 1. The molecule has 3 rings (SSSR count). The molecule has 0 unspecified atom stereocenters. The number of carbonyl (C=O) groups is 2. The molecule has 0 saturated carbocycles. The van der Waals surface area contributed by atoms with Crippen LogP contribution in [0, 0.1) is 0 Å². The van der Waals surface area contributed by atoms with Gasteiger partial charge in [-0.25, -0.2) is 9.48 Å². The highest BCUT2D eigenvalue weighted by Gasteiger charge is 2.30. The summed E-state index contributed by atoms with van der Waals surface area (Å²) in [4.78, 5) is 40.0. The van der Waals surface area contributed by atoms with Gasteiger partial charge in [-0.1, -0.05) is 48.5 Å². The Morgan fingerprint density at radius 1 is 1.00 bits per heavy atom. The van der Waals surface area contributed by atoms with Crippen LogP contribution < -0.4 is 5.56 Å². The quantitative estimate of drug-likeness (QED) is 0.602. The summed E-state index contributed by atoms with van der Waals surface area (Å²) in [5.74, 6) is -1.06. The number of likely N-dealkylation sites (N-methyl/N-ethyl adjacent to an activating group) is 1. The molecule has 1 amide bonds. The number of amides is 1. The summed E-state index contributed by atoms with van der Waals surface area (Å²) in [7, 11) is 1.47. The van der Waals surface area contributed by atoms with E-state index in [1.54, 1.807) is 53.4 Å². The number of carbonyl (C=O) groups excluding carboxylic acids is 2. The highest BCUT2D eigenvalue weighted by atomic mass is 16.5. The van der Waals surface area contributed by atoms with Crippen molar-refractivity contribution in [3.8, 4) is 0 Å². The van der Waals surface area contributed by atoms with Gasteiger partial charge in [-0.05, 0) is 19.9 Å². The Balaban J connectivity index is 2.04. The molecule has 3 aromatic rings. The van der Waals surface area contributed by atoms with Crippen LogP contribution in [0.25, 0.3) is 10.8 Å². The molecule has 0 aliphatic carbocycles. The van der Waals surface area contributed by atoms with Crippen LogP contribution >= 0.6 is 0 Å². The average Bonchev–Trinajstić information content (AvgIpc) is 2.75. The summed E-state index contributed by atoms with van der Waals surface area (Å²) >= 11 is 0. The number of hydrogen-bond acceptors (Lipinski definition) is 5. The number of hydrogen-bond donors (Lipinski definition) is 0. The van der Waals surface area contributed by atoms with Gasteiger partial charge >= 0.3 is 5.97 Å². The molecular weight excluding hydrogens is 370 g/mol. The molecule has 7 nitrogen and oxygen atoms in total. The standard InChI is InChI=1S/C22H23N3O4/c1-4-25(5-2)21(27)19(15-11-7-6-8-12-15)29-22(28)18-16-13-9-10-14-17(16)20(26)24(3)23-18/h6-14,19H,4-5H2,1-3H3/t19-/m0/s1. The number of rotatable bonds is 6. The molecule has 0 N–H and O–H groups in total. The maximum absolute atomic E-state index is 13.0. The van der Waals surface area contributed by atoms with Crippen molar-refractivity contribution < 1.29 is 14.3 Å². The summed E-state index contributed by atoms with van der Waals surface area (Å²) in [6.45, 7) is 4.73. The molecule has 150 valence electrons. The summed E-state index contributed by atoms with van der Waals surface area (Å²) in [6, 6.07) is 15.6. The molecule has 0 aliphatic heterocycles. The maximum atomic E-state index is 13.0. The number of nitrogens with zero attached hydrogens (tertiary/aromatic N) is 3. The first-order valence-electron chi connectivity index (χ1n) is 9.48. The summed E-state index contributed by atoms with van der Waals surface area (Å²) in [5, 5.41) is 4.85. The average molecular weight is 393 g/mol. The Hall–Kier alpha value is -3.48. The van der Waals surface area contributed by atoms with Crippen molar-refractivity contribution in [1.29, 1.82) is 0 Å². The van der Waals surface area contributed by atoms with Gasteiger partial charge in [0.25, 0.3) is 11.5 Å². The van der Waals surface area contributed by atoms with Crippen molar-refractivity contribution in [2.24, 2.45) is 7.05 Å². The predicted octanol–water partition coefficient (Wildman–Crippen LogP) is 2.70. The number of ether oxygens (including phenoxy) is 1. The van der Waals surface area contributed by atoms with Crippen molar-refractivity contribution in [3.63, 3.8) is 0 Å². The maximum Gasteiger partial charge on any atom is 0.360 e. The van der Waals surface area contributed by atoms with E-state index in [4.69, 9.17) is 4.74 Å². The van der Waals surface area contributed by atoms with E-state index in [1.165, 1.54) is 7.05 Å². The van der Waals surface area contributed by atoms with Gasteiger partial charge in [0.05, 0.1) is 5.39 Å². The lowest BCUT2D eigenvalue weighted by atomic mass is 10.1. The lowest BCUT2D eigenvalue weighted by Crippen LogP contribution is -2.37. The lowest BCUT2D eigenvalue weighted by Gasteiger charge is -2.25. The molecule has 0 spiro atoms. The van der Waals surface area contributed by atoms with Crippen LogP contribution in [0.4, 0.5) is 0 Å². The molecule has 0 fully saturated rings. The van der Waals surface area contributed by atoms with Gasteiger partial charge in [-0.2, -0.15) is 5.10 Å². The first-order chi connectivity index (χ1) is 14.0. The first kappa shape index (κ1) is 20.3. The van der Waals surface area contributed by atoms with E-state index in [0.717, 1.165) is 4.68 Å². The predicted molar refractivity (Wildman–Crippen MR) is 110 cm³/mol. The summed E-state index contributed by atoms with van der Waals surface area (Å²) in [5.41, 5.74) is 0.263. The van der Waals surface area contributed by atoms with E-state index >= 15 is 0 Å². The van der Waals surface area contributed by atoms with Crippen molar-refractivity contribution in [2.45, 2.75) is 20.0 Å². The topological polar surface area (TPSA) is 81.5 Å². The van der Waals surface area contributed by atoms with Gasteiger partial charge in [-0.15, -0.1) is 0 Å². The molecule has 1 aromatic heterocycles. The van der Waals surface area contributed by atoms with Crippen LogP contribution in [0.3, 0.4) is 0 Å². The largest absolute Gasteiger partial charge is 0.442 e. The number of aromatic nitrogens is 2. The van der Waals surface area contributed by atoms with E-state index in [2.05, 4.69) is 5.10 Å². The lowest BCUT2D eigenvalue weighted by molar-refractivity contribution is -0.140. The molecule has 2 aromatic carbocycles. The third-order valence-corrected chi connectivity index (χ3v) is 4.78. The van der Waals surface area contributed by atoms with Gasteiger partial charge in [0.1, 0.15) is 0 Å². The van der Waals surface area contributed by atoms with E-state index in [1.807, 2.05) is 19.9 Å². The fourth-order valence-corrected chi connectivity index (χ4v) is 3.20. The first-order valence-corrected chi connectivity index (χ1v) is 9.48. The second kappa shape index (κ2) is 8.68.